The normalized spacial score (nSPS) is 11.4. The van der Waals surface area contributed by atoms with Crippen LogP contribution in [0.1, 0.15) is 5.56 Å². The first-order valence-corrected chi connectivity index (χ1v) is 18.8. The monoisotopic (exact) mass is 458 g/mol. The molecule has 0 radical (unpaired) electrons. The summed E-state index contributed by atoms with van der Waals surface area (Å²) in [6.07, 6.45) is 0. The fourth-order valence-corrected chi connectivity index (χ4v) is 7.38. The average Bonchev–Trinajstić information content (AvgIpc) is 2.64. The second kappa shape index (κ2) is 7.78. The molecule has 0 saturated heterocycles. The molecule has 0 aromatic heterocycles. The zero-order valence-corrected chi connectivity index (χ0v) is 19.0. The first kappa shape index (κ1) is 18.9. The summed E-state index contributed by atoms with van der Waals surface area (Å²) in [4.78, 5) is 7.14. The van der Waals surface area contributed by atoms with Crippen molar-refractivity contribution in [2.45, 2.75) is 21.4 Å². The Morgan fingerprint density at radius 3 is 2.15 bits per heavy atom. The minimum absolute atomic E-state index is 0.522. The third-order valence-corrected chi connectivity index (χ3v) is 10.2. The Morgan fingerprint density at radius 1 is 0.808 bits per heavy atom. The molecule has 136 valence electrons. The van der Waals surface area contributed by atoms with E-state index in [1.165, 1.54) is 3.58 Å². The zero-order chi connectivity index (χ0) is 18.7. The minimum atomic E-state index is -2.43. The van der Waals surface area contributed by atoms with Crippen LogP contribution in [0.2, 0.25) is 14.8 Å². The molecule has 0 bridgehead atoms. The van der Waals surface area contributed by atoms with E-state index in [0.29, 0.717) is 6.61 Å². The summed E-state index contributed by atoms with van der Waals surface area (Å²) < 4.78 is 19.1. The van der Waals surface area contributed by atoms with Crippen LogP contribution in [0.4, 0.5) is 0 Å². The van der Waals surface area contributed by atoms with Gasteiger partial charge in [0.2, 0.25) is 0 Å². The van der Waals surface area contributed by atoms with E-state index in [1.54, 1.807) is 14.2 Å². The summed E-state index contributed by atoms with van der Waals surface area (Å²) in [5, 5.41) is 2.03. The van der Waals surface area contributed by atoms with Crippen molar-refractivity contribution in [2.24, 2.45) is 0 Å². The molecule has 0 saturated carbocycles. The molecule has 3 rings (SSSR count). The quantitative estimate of drug-likeness (QED) is 0.489. The molecule has 0 heterocycles. The molecule has 0 spiro atoms. The molecule has 0 fully saturated rings. The Bertz CT molecular complexity index is 899. The van der Waals surface area contributed by atoms with Crippen molar-refractivity contribution in [3.8, 4) is 17.2 Å². The zero-order valence-electron chi connectivity index (χ0n) is 16.1. The van der Waals surface area contributed by atoms with E-state index >= 15 is 0 Å². The fraction of sp³-hybridized carbons (Fsp3) is 0.273. The van der Waals surface area contributed by atoms with Gasteiger partial charge < -0.3 is 0 Å². The summed E-state index contributed by atoms with van der Waals surface area (Å²) in [7, 11) is 3.47. The van der Waals surface area contributed by atoms with Crippen molar-refractivity contribution in [3.05, 3.63) is 60.2 Å². The van der Waals surface area contributed by atoms with Crippen molar-refractivity contribution >= 4 is 32.7 Å². The van der Waals surface area contributed by atoms with Crippen LogP contribution in [0.25, 0.3) is 10.8 Å². The fourth-order valence-electron chi connectivity index (χ4n) is 3.17. The Labute approximate surface area is 159 Å². The van der Waals surface area contributed by atoms with E-state index in [9.17, 15) is 0 Å². The molecule has 0 atom stereocenters. The molecule has 26 heavy (non-hydrogen) atoms. The number of benzene rings is 3. The number of ether oxygens (including phenoxy) is 3. The third kappa shape index (κ3) is 3.78. The summed E-state index contributed by atoms with van der Waals surface area (Å²) in [5.74, 6) is 2.65. The van der Waals surface area contributed by atoms with Crippen molar-refractivity contribution in [1.29, 1.82) is 0 Å². The molecule has 0 unspecified atom stereocenters. The number of methoxy groups -OCH3 is 2. The van der Waals surface area contributed by atoms with Gasteiger partial charge in [-0.1, -0.05) is 0 Å². The van der Waals surface area contributed by atoms with Crippen LogP contribution >= 0.6 is 0 Å². The molecule has 3 nitrogen and oxygen atoms in total. The second-order valence-electron chi connectivity index (χ2n) is 7.36. The first-order valence-electron chi connectivity index (χ1n) is 8.80. The average molecular weight is 457 g/mol. The number of fused-ring (bicyclic) bond motifs is 1. The van der Waals surface area contributed by atoms with Gasteiger partial charge in [-0.15, -0.1) is 0 Å². The summed E-state index contributed by atoms with van der Waals surface area (Å²) in [6.45, 7) is 0.522. The van der Waals surface area contributed by atoms with Crippen LogP contribution in [0.5, 0.6) is 17.2 Å². The summed E-state index contributed by atoms with van der Waals surface area (Å²) in [6, 6.07) is 18.4. The SMILES string of the molecule is COc1c[c]([Sn]([CH3])([CH3])[CH3])c(OC)c2c(OCc3ccccc3)cccc12. The number of rotatable bonds is 6. The maximum atomic E-state index is 6.20. The van der Waals surface area contributed by atoms with E-state index in [0.717, 1.165) is 33.6 Å². The third-order valence-electron chi connectivity index (χ3n) is 4.51. The molecule has 4 heteroatoms. The summed E-state index contributed by atoms with van der Waals surface area (Å²) in [5.41, 5.74) is 1.14. The molecule has 0 aliphatic carbocycles. The molecule has 3 aromatic rings. The Hall–Kier alpha value is -1.88. The van der Waals surface area contributed by atoms with Gasteiger partial charge in [-0.25, -0.2) is 0 Å². The van der Waals surface area contributed by atoms with Gasteiger partial charge in [0.05, 0.1) is 0 Å². The van der Waals surface area contributed by atoms with Crippen LogP contribution in [0.3, 0.4) is 0 Å². The first-order chi connectivity index (χ1) is 12.5. The topological polar surface area (TPSA) is 27.7 Å². The van der Waals surface area contributed by atoms with Crippen molar-refractivity contribution in [3.63, 3.8) is 0 Å². The van der Waals surface area contributed by atoms with E-state index < -0.39 is 18.4 Å². The van der Waals surface area contributed by atoms with Gasteiger partial charge in [-0.05, 0) is 0 Å². The van der Waals surface area contributed by atoms with Gasteiger partial charge in [-0.3, -0.25) is 0 Å². The van der Waals surface area contributed by atoms with Crippen LogP contribution in [-0.4, -0.2) is 32.6 Å². The molecule has 0 aliphatic rings. The van der Waals surface area contributed by atoms with Crippen molar-refractivity contribution < 1.29 is 14.2 Å². The standard InChI is InChI=1S/C19H17O3.3CH3.Sn/c1-20-16-11-12-17(21-2)19-15(16)9-6-10-18(19)22-13-14-7-4-3-5-8-14;;;;/h3-11H,13H2,1-2H3;3*1H3;. The van der Waals surface area contributed by atoms with Gasteiger partial charge in [-0.2, -0.15) is 0 Å². The van der Waals surface area contributed by atoms with E-state index in [4.69, 9.17) is 14.2 Å². The van der Waals surface area contributed by atoms with Gasteiger partial charge >= 0.3 is 160 Å². The molecular formula is C22H26O3Sn. The maximum absolute atomic E-state index is 6.20. The van der Waals surface area contributed by atoms with Crippen molar-refractivity contribution in [2.75, 3.05) is 14.2 Å². The molecule has 0 aliphatic heterocycles. The van der Waals surface area contributed by atoms with Crippen LogP contribution in [0, 0.1) is 0 Å². The van der Waals surface area contributed by atoms with Gasteiger partial charge in [0.1, 0.15) is 0 Å². The molecule has 3 aromatic carbocycles. The Balaban J connectivity index is 2.17. The van der Waals surface area contributed by atoms with Gasteiger partial charge in [0.25, 0.3) is 0 Å². The van der Waals surface area contributed by atoms with Gasteiger partial charge in [0.15, 0.2) is 0 Å². The van der Waals surface area contributed by atoms with E-state index in [1.807, 2.05) is 30.3 Å². The molecular weight excluding hydrogens is 431 g/mol. The molecule has 0 amide bonds. The predicted octanol–water partition coefficient (Wildman–Crippen LogP) is 4.98. The molecule has 0 N–H and O–H groups in total. The number of hydrogen-bond donors (Lipinski definition) is 0. The number of hydrogen-bond acceptors (Lipinski definition) is 3. The summed E-state index contributed by atoms with van der Waals surface area (Å²) >= 11 is -2.43. The van der Waals surface area contributed by atoms with E-state index in [2.05, 4.69) is 39.1 Å². The van der Waals surface area contributed by atoms with Crippen LogP contribution in [0.15, 0.2) is 54.6 Å². The second-order valence-corrected chi connectivity index (χ2v) is 21.7. The Morgan fingerprint density at radius 2 is 1.54 bits per heavy atom. The Kier molecular flexibility index (Phi) is 5.66. The van der Waals surface area contributed by atoms with Crippen LogP contribution < -0.4 is 17.8 Å². The van der Waals surface area contributed by atoms with E-state index in [-0.39, 0.29) is 0 Å². The van der Waals surface area contributed by atoms with Crippen molar-refractivity contribution in [1.82, 2.24) is 0 Å². The predicted molar refractivity (Wildman–Crippen MR) is 111 cm³/mol. The van der Waals surface area contributed by atoms with Crippen LogP contribution in [-0.2, 0) is 6.61 Å². The van der Waals surface area contributed by atoms with Gasteiger partial charge in [0, 0.05) is 0 Å².